The molecular formula is C15H17NO3. The van der Waals surface area contributed by atoms with Crippen LogP contribution >= 0.6 is 0 Å². The molecule has 100 valence electrons. The molecule has 0 bridgehead atoms. The number of rotatable bonds is 2. The Morgan fingerprint density at radius 3 is 2.11 bits per heavy atom. The van der Waals surface area contributed by atoms with Gasteiger partial charge in [0.1, 0.15) is 0 Å². The third-order valence-corrected chi connectivity index (χ3v) is 4.16. The summed E-state index contributed by atoms with van der Waals surface area (Å²) in [5.41, 5.74) is 2.62. The zero-order valence-electron chi connectivity index (χ0n) is 10.7. The van der Waals surface area contributed by atoms with E-state index in [0.717, 1.165) is 12.8 Å². The van der Waals surface area contributed by atoms with Crippen molar-refractivity contribution in [2.75, 3.05) is 13.1 Å². The molecule has 1 saturated carbocycles. The molecule has 1 N–H and O–H groups in total. The van der Waals surface area contributed by atoms with Crippen LogP contribution in [0.15, 0.2) is 24.3 Å². The summed E-state index contributed by atoms with van der Waals surface area (Å²) in [5.74, 6) is -1.53. The van der Waals surface area contributed by atoms with Crippen molar-refractivity contribution < 1.29 is 14.7 Å². The maximum Gasteiger partial charge on any atom is 0.307 e. The number of nitrogens with zero attached hydrogens (tertiary/aromatic N) is 1. The summed E-state index contributed by atoms with van der Waals surface area (Å²) >= 11 is 0. The zero-order chi connectivity index (χ0) is 13.4. The molecule has 0 radical (unpaired) electrons. The molecule has 19 heavy (non-hydrogen) atoms. The fourth-order valence-corrected chi connectivity index (χ4v) is 2.86. The fourth-order valence-electron chi connectivity index (χ4n) is 2.86. The Hall–Kier alpha value is -1.84. The van der Waals surface area contributed by atoms with Gasteiger partial charge in [0.25, 0.3) is 0 Å². The highest BCUT2D eigenvalue weighted by Gasteiger charge is 2.49. The number of hydrogen-bond acceptors (Lipinski definition) is 2. The average Bonchev–Trinajstić information content (AvgIpc) is 3.21. The van der Waals surface area contributed by atoms with Crippen LogP contribution in [-0.2, 0) is 22.4 Å². The van der Waals surface area contributed by atoms with E-state index < -0.39 is 11.9 Å². The average molecular weight is 259 g/mol. The van der Waals surface area contributed by atoms with Gasteiger partial charge < -0.3 is 10.0 Å². The summed E-state index contributed by atoms with van der Waals surface area (Å²) < 4.78 is 0. The van der Waals surface area contributed by atoms with E-state index in [1.165, 1.54) is 11.1 Å². The van der Waals surface area contributed by atoms with Crippen LogP contribution in [0.4, 0.5) is 0 Å². The van der Waals surface area contributed by atoms with Gasteiger partial charge in [0.15, 0.2) is 0 Å². The SMILES string of the molecule is O=C(O)C1CC1C(=O)N1CCc2ccccc2CC1. The number of fused-ring (bicyclic) bond motifs is 1. The van der Waals surface area contributed by atoms with Crippen LogP contribution in [0, 0.1) is 11.8 Å². The van der Waals surface area contributed by atoms with Gasteiger partial charge in [0, 0.05) is 13.1 Å². The maximum absolute atomic E-state index is 12.2. The quantitative estimate of drug-likeness (QED) is 0.871. The summed E-state index contributed by atoms with van der Waals surface area (Å²) in [6.45, 7) is 1.41. The van der Waals surface area contributed by atoms with Crippen LogP contribution in [0.25, 0.3) is 0 Å². The summed E-state index contributed by atoms with van der Waals surface area (Å²) in [6, 6.07) is 8.27. The van der Waals surface area contributed by atoms with Gasteiger partial charge in [0.2, 0.25) is 5.91 Å². The predicted octanol–water partition coefficient (Wildman–Crippen LogP) is 1.33. The van der Waals surface area contributed by atoms with Crippen LogP contribution in [0.3, 0.4) is 0 Å². The van der Waals surface area contributed by atoms with Crippen molar-refractivity contribution in [2.24, 2.45) is 11.8 Å². The normalized spacial score (nSPS) is 25.4. The molecule has 1 aliphatic carbocycles. The van der Waals surface area contributed by atoms with E-state index in [1.54, 1.807) is 0 Å². The van der Waals surface area contributed by atoms with Crippen LogP contribution in [0.2, 0.25) is 0 Å². The van der Waals surface area contributed by atoms with E-state index in [9.17, 15) is 9.59 Å². The third-order valence-electron chi connectivity index (χ3n) is 4.16. The second-order valence-electron chi connectivity index (χ2n) is 5.38. The Kier molecular flexibility index (Phi) is 3.01. The molecule has 4 nitrogen and oxygen atoms in total. The monoisotopic (exact) mass is 259 g/mol. The molecule has 1 amide bonds. The van der Waals surface area contributed by atoms with Crippen molar-refractivity contribution in [1.82, 2.24) is 4.90 Å². The lowest BCUT2D eigenvalue weighted by atomic mass is 10.0. The highest BCUT2D eigenvalue weighted by Crippen LogP contribution is 2.40. The highest BCUT2D eigenvalue weighted by molar-refractivity contribution is 5.89. The Bertz CT molecular complexity index is 499. The minimum absolute atomic E-state index is 0.0280. The molecule has 2 unspecified atom stereocenters. The lowest BCUT2D eigenvalue weighted by Crippen LogP contribution is -2.35. The Labute approximate surface area is 112 Å². The largest absolute Gasteiger partial charge is 0.481 e. The molecule has 0 aromatic heterocycles. The Balaban J connectivity index is 1.66. The summed E-state index contributed by atoms with van der Waals surface area (Å²) in [7, 11) is 0. The van der Waals surface area contributed by atoms with Gasteiger partial charge in [0.05, 0.1) is 11.8 Å². The number of benzene rings is 1. The third kappa shape index (κ3) is 2.35. The zero-order valence-corrected chi connectivity index (χ0v) is 10.7. The van der Waals surface area contributed by atoms with E-state index in [1.807, 2.05) is 17.0 Å². The molecule has 3 rings (SSSR count). The van der Waals surface area contributed by atoms with E-state index >= 15 is 0 Å². The van der Waals surface area contributed by atoms with Gasteiger partial charge in [-0.05, 0) is 30.4 Å². The lowest BCUT2D eigenvalue weighted by Gasteiger charge is -2.20. The van der Waals surface area contributed by atoms with Crippen molar-refractivity contribution >= 4 is 11.9 Å². The number of amides is 1. The molecule has 2 atom stereocenters. The molecule has 4 heteroatoms. The van der Waals surface area contributed by atoms with E-state index in [-0.39, 0.29) is 11.8 Å². The molecular weight excluding hydrogens is 242 g/mol. The topological polar surface area (TPSA) is 57.6 Å². The Morgan fingerprint density at radius 2 is 1.63 bits per heavy atom. The predicted molar refractivity (Wildman–Crippen MR) is 69.7 cm³/mol. The first-order valence-electron chi connectivity index (χ1n) is 6.75. The number of carbonyl (C=O) groups excluding carboxylic acids is 1. The molecule has 1 aromatic carbocycles. The standard InChI is InChI=1S/C15H17NO3/c17-14(12-9-13(12)15(18)19)16-7-5-10-3-1-2-4-11(10)6-8-16/h1-4,12-13H,5-9H2,(H,18,19). The molecule has 1 aromatic rings. The van der Waals surface area contributed by atoms with Crippen LogP contribution in [0.5, 0.6) is 0 Å². The highest BCUT2D eigenvalue weighted by atomic mass is 16.4. The summed E-state index contributed by atoms with van der Waals surface area (Å²) in [6.07, 6.45) is 2.25. The van der Waals surface area contributed by atoms with Crippen molar-refractivity contribution in [3.8, 4) is 0 Å². The van der Waals surface area contributed by atoms with Gasteiger partial charge in [-0.3, -0.25) is 9.59 Å². The first kappa shape index (κ1) is 12.2. The smallest absolute Gasteiger partial charge is 0.307 e. The molecule has 1 aliphatic heterocycles. The number of carboxylic acid groups (broad SMARTS) is 1. The van der Waals surface area contributed by atoms with Gasteiger partial charge in [-0.25, -0.2) is 0 Å². The van der Waals surface area contributed by atoms with E-state index in [0.29, 0.717) is 19.5 Å². The fraction of sp³-hybridized carbons (Fsp3) is 0.467. The molecule has 1 heterocycles. The van der Waals surface area contributed by atoms with Gasteiger partial charge in [-0.2, -0.15) is 0 Å². The lowest BCUT2D eigenvalue weighted by molar-refractivity contribution is -0.142. The van der Waals surface area contributed by atoms with Crippen molar-refractivity contribution in [1.29, 1.82) is 0 Å². The van der Waals surface area contributed by atoms with Crippen LogP contribution in [-0.4, -0.2) is 35.0 Å². The second kappa shape index (κ2) is 4.68. The van der Waals surface area contributed by atoms with Gasteiger partial charge in [-0.1, -0.05) is 24.3 Å². The first-order valence-corrected chi connectivity index (χ1v) is 6.75. The van der Waals surface area contributed by atoms with Gasteiger partial charge in [-0.15, -0.1) is 0 Å². The number of carboxylic acids is 1. The van der Waals surface area contributed by atoms with E-state index in [2.05, 4.69) is 12.1 Å². The minimum atomic E-state index is -0.837. The second-order valence-corrected chi connectivity index (χ2v) is 5.38. The number of aliphatic carboxylic acids is 1. The number of carbonyl (C=O) groups is 2. The molecule has 1 fully saturated rings. The van der Waals surface area contributed by atoms with E-state index in [4.69, 9.17) is 5.11 Å². The van der Waals surface area contributed by atoms with Crippen molar-refractivity contribution in [3.05, 3.63) is 35.4 Å². The van der Waals surface area contributed by atoms with Crippen LogP contribution in [0.1, 0.15) is 17.5 Å². The maximum atomic E-state index is 12.2. The van der Waals surface area contributed by atoms with Gasteiger partial charge >= 0.3 is 5.97 Å². The van der Waals surface area contributed by atoms with Crippen molar-refractivity contribution in [2.45, 2.75) is 19.3 Å². The summed E-state index contributed by atoms with van der Waals surface area (Å²) in [4.78, 5) is 24.9. The summed E-state index contributed by atoms with van der Waals surface area (Å²) in [5, 5.41) is 8.90. The first-order chi connectivity index (χ1) is 9.16. The minimum Gasteiger partial charge on any atom is -0.481 e. The van der Waals surface area contributed by atoms with Crippen molar-refractivity contribution in [3.63, 3.8) is 0 Å². The molecule has 2 aliphatic rings. The molecule has 0 saturated heterocycles. The molecule has 0 spiro atoms. The van der Waals surface area contributed by atoms with Crippen LogP contribution < -0.4 is 0 Å². The number of hydrogen-bond donors (Lipinski definition) is 1. The Morgan fingerprint density at radius 1 is 1.05 bits per heavy atom.